The quantitative estimate of drug-likeness (QED) is 0.154. The lowest BCUT2D eigenvalue weighted by molar-refractivity contribution is -0.139. The van der Waals surface area contributed by atoms with Gasteiger partial charge in [0, 0.05) is 5.22 Å². The Kier molecular flexibility index (Phi) is 4.51. The van der Waals surface area contributed by atoms with Crippen molar-refractivity contribution in [3.63, 3.8) is 0 Å². The number of hydrogen-bond acceptors (Lipinski definition) is 3. The van der Waals surface area contributed by atoms with Crippen molar-refractivity contribution >= 4 is 11.7 Å². The van der Waals surface area contributed by atoms with E-state index in [1.807, 2.05) is 0 Å². The fourth-order valence-electron chi connectivity index (χ4n) is 0.413. The molecule has 60 valence electrons. The average molecular weight is 156 g/mol. The Morgan fingerprint density at radius 1 is 1.73 bits per heavy atom. The topological polar surface area (TPSA) is 87.4 Å². The highest BCUT2D eigenvalue weighted by atomic mass is 16.5. The number of methoxy groups -OCH3 is 1. The fourth-order valence-corrected chi connectivity index (χ4v) is 0.413. The first-order valence-electron chi connectivity index (χ1n) is 2.85. The smallest absolute Gasteiger partial charge is 0.313 e. The zero-order valence-electron chi connectivity index (χ0n) is 6.31. The van der Waals surface area contributed by atoms with Gasteiger partial charge < -0.3 is 4.74 Å². The van der Waals surface area contributed by atoms with Crippen LogP contribution in [0.5, 0.6) is 0 Å². The molecule has 0 aromatic heterocycles. The first kappa shape index (κ1) is 9.45. The van der Waals surface area contributed by atoms with Crippen LogP contribution in [0.2, 0.25) is 0 Å². The van der Waals surface area contributed by atoms with E-state index in [1.165, 1.54) is 7.11 Å². The van der Waals surface area contributed by atoms with Crippen LogP contribution in [0.4, 0.5) is 0 Å². The fraction of sp³-hybridized carbons (Fsp3) is 0.600. The molecule has 0 bridgehead atoms. The molecule has 0 amide bonds. The predicted octanol–water partition coefficient (Wildman–Crippen LogP) is 1.24. The minimum absolute atomic E-state index is 0.0511. The number of rotatable bonds is 3. The van der Waals surface area contributed by atoms with Crippen LogP contribution in [0.3, 0.4) is 0 Å². The third-order valence-corrected chi connectivity index (χ3v) is 0.883. The maximum Gasteiger partial charge on any atom is 0.313 e. The summed E-state index contributed by atoms with van der Waals surface area (Å²) in [4.78, 5) is 12.9. The van der Waals surface area contributed by atoms with Crippen LogP contribution in [-0.4, -0.2) is 18.8 Å². The zero-order valence-corrected chi connectivity index (χ0v) is 6.31. The molecule has 0 spiro atoms. The molecule has 0 saturated heterocycles. The summed E-state index contributed by atoms with van der Waals surface area (Å²) >= 11 is 0. The molecule has 0 radical (unpaired) electrons. The summed E-state index contributed by atoms with van der Waals surface area (Å²) in [5, 5.41) is 6.27. The van der Waals surface area contributed by atoms with E-state index in [2.05, 4.69) is 20.0 Å². The van der Waals surface area contributed by atoms with Crippen molar-refractivity contribution in [1.82, 2.24) is 0 Å². The van der Waals surface area contributed by atoms with Gasteiger partial charge in [-0.1, -0.05) is 0 Å². The van der Waals surface area contributed by atoms with Gasteiger partial charge in [0.05, 0.1) is 7.11 Å². The lowest BCUT2D eigenvalue weighted by atomic mass is 10.3. The highest BCUT2D eigenvalue weighted by molar-refractivity contribution is 5.97. The molecule has 0 N–H and O–H groups in total. The third kappa shape index (κ3) is 4.92. The van der Waals surface area contributed by atoms with E-state index in [0.29, 0.717) is 5.71 Å². The number of carbonyl (C=O) groups excluding carboxylic acids is 1. The minimum Gasteiger partial charge on any atom is -0.469 e. The molecule has 0 aliphatic carbocycles. The first-order chi connectivity index (χ1) is 5.20. The normalized spacial score (nSPS) is 10.2. The molecule has 0 saturated carbocycles. The molecule has 6 nitrogen and oxygen atoms in total. The Labute approximate surface area is 63.5 Å². The Balaban J connectivity index is 3.95. The van der Waals surface area contributed by atoms with Gasteiger partial charge in [-0.2, -0.15) is 4.91 Å². The van der Waals surface area contributed by atoms with Gasteiger partial charge in [0.1, 0.15) is 12.1 Å². The van der Waals surface area contributed by atoms with E-state index in [-0.39, 0.29) is 6.42 Å². The molecular formula is C5H8N4O2. The largest absolute Gasteiger partial charge is 0.469 e. The SMILES string of the molecule is COC(=O)CC(C)=NN=[N+]=[N-]. The van der Waals surface area contributed by atoms with Crippen molar-refractivity contribution in [3.8, 4) is 0 Å². The van der Waals surface area contributed by atoms with Crippen LogP contribution in [0.15, 0.2) is 10.3 Å². The van der Waals surface area contributed by atoms with E-state index in [9.17, 15) is 4.79 Å². The van der Waals surface area contributed by atoms with E-state index < -0.39 is 5.97 Å². The third-order valence-electron chi connectivity index (χ3n) is 0.883. The maximum atomic E-state index is 10.5. The first-order valence-corrected chi connectivity index (χ1v) is 2.85. The van der Waals surface area contributed by atoms with Crippen LogP contribution in [0.25, 0.3) is 10.4 Å². The summed E-state index contributed by atoms with van der Waals surface area (Å²) in [7, 11) is 1.28. The molecule has 0 aliphatic heterocycles. The second-order valence-corrected chi connectivity index (χ2v) is 1.77. The molecule has 0 unspecified atom stereocenters. The van der Waals surface area contributed by atoms with Gasteiger partial charge >= 0.3 is 5.97 Å². The average Bonchev–Trinajstić information content (AvgIpc) is 2.00. The molecule has 0 atom stereocenters. The van der Waals surface area contributed by atoms with E-state index in [1.54, 1.807) is 6.92 Å². The standard InChI is InChI=1S/C5H8N4O2/c1-4(7-9-8-6)3-5(10)11-2/h3H2,1-2H3. The number of ether oxygens (including phenoxy) is 1. The highest BCUT2D eigenvalue weighted by Gasteiger charge is 2.04. The lowest BCUT2D eigenvalue weighted by Crippen LogP contribution is -2.05. The summed E-state index contributed by atoms with van der Waals surface area (Å²) in [6.07, 6.45) is 0.0511. The van der Waals surface area contributed by atoms with Crippen molar-refractivity contribution in [2.45, 2.75) is 13.3 Å². The minimum atomic E-state index is -0.403. The molecule has 0 rings (SSSR count). The van der Waals surface area contributed by atoms with E-state index in [0.717, 1.165) is 0 Å². The number of esters is 1. The van der Waals surface area contributed by atoms with E-state index in [4.69, 9.17) is 5.53 Å². The Morgan fingerprint density at radius 3 is 2.82 bits per heavy atom. The summed E-state index contributed by atoms with van der Waals surface area (Å²) in [6.45, 7) is 1.58. The number of hydrogen-bond donors (Lipinski definition) is 0. The Bertz CT molecular complexity index is 217. The predicted molar refractivity (Wildman–Crippen MR) is 38.9 cm³/mol. The van der Waals surface area contributed by atoms with Crippen molar-refractivity contribution in [2.24, 2.45) is 10.3 Å². The monoisotopic (exact) mass is 156 g/mol. The van der Waals surface area contributed by atoms with Crippen LogP contribution < -0.4 is 0 Å². The summed E-state index contributed by atoms with van der Waals surface area (Å²) in [5.41, 5.74) is 8.27. The summed E-state index contributed by atoms with van der Waals surface area (Å²) in [6, 6.07) is 0. The van der Waals surface area contributed by atoms with E-state index >= 15 is 0 Å². The van der Waals surface area contributed by atoms with Crippen LogP contribution >= 0.6 is 0 Å². The lowest BCUT2D eigenvalue weighted by Gasteiger charge is -1.92. The van der Waals surface area contributed by atoms with Gasteiger partial charge in [0.15, 0.2) is 0 Å². The second-order valence-electron chi connectivity index (χ2n) is 1.77. The van der Waals surface area contributed by atoms with Crippen molar-refractivity contribution in [1.29, 1.82) is 0 Å². The zero-order chi connectivity index (χ0) is 8.69. The summed E-state index contributed by atoms with van der Waals surface area (Å²) < 4.78 is 4.35. The van der Waals surface area contributed by atoms with Crippen molar-refractivity contribution < 1.29 is 9.53 Å². The second kappa shape index (κ2) is 5.25. The highest BCUT2D eigenvalue weighted by Crippen LogP contribution is 1.89. The molecule has 6 heteroatoms. The maximum absolute atomic E-state index is 10.5. The molecule has 0 aliphatic rings. The summed E-state index contributed by atoms with van der Waals surface area (Å²) in [5.74, 6) is -0.403. The van der Waals surface area contributed by atoms with Crippen molar-refractivity contribution in [2.75, 3.05) is 7.11 Å². The molecule has 0 aromatic rings. The Morgan fingerprint density at radius 2 is 2.36 bits per heavy atom. The molecular weight excluding hydrogens is 148 g/mol. The van der Waals surface area contributed by atoms with Crippen LogP contribution in [0, 0.1) is 0 Å². The molecule has 0 heterocycles. The van der Waals surface area contributed by atoms with Crippen LogP contribution in [-0.2, 0) is 9.53 Å². The van der Waals surface area contributed by atoms with Gasteiger partial charge in [-0.15, -0.1) is 5.53 Å². The Hall–Kier alpha value is -1.55. The molecule has 0 aromatic carbocycles. The number of nitrogens with zero attached hydrogens (tertiary/aromatic N) is 4. The molecule has 0 fully saturated rings. The van der Waals surface area contributed by atoms with Gasteiger partial charge in [-0.25, -0.2) is 0 Å². The van der Waals surface area contributed by atoms with Gasteiger partial charge in [0.2, 0.25) is 0 Å². The van der Waals surface area contributed by atoms with Crippen molar-refractivity contribution in [3.05, 3.63) is 10.4 Å². The molecule has 11 heavy (non-hydrogen) atoms. The van der Waals surface area contributed by atoms with Crippen LogP contribution in [0.1, 0.15) is 13.3 Å². The number of carbonyl (C=O) groups is 1. The number of azide groups is 1. The van der Waals surface area contributed by atoms with Gasteiger partial charge in [-0.05, 0) is 12.0 Å². The van der Waals surface area contributed by atoms with Gasteiger partial charge in [-0.3, -0.25) is 4.79 Å². The van der Waals surface area contributed by atoms with Gasteiger partial charge in [0.25, 0.3) is 0 Å².